The maximum absolute atomic E-state index is 2.23. The molecule has 3 aromatic carbocycles. The van der Waals surface area contributed by atoms with E-state index in [4.69, 9.17) is 0 Å². The van der Waals surface area contributed by atoms with Crippen molar-refractivity contribution < 1.29 is 0 Å². The van der Waals surface area contributed by atoms with Gasteiger partial charge in [-0.2, -0.15) is 0 Å². The summed E-state index contributed by atoms with van der Waals surface area (Å²) in [4.78, 5) is 0. The summed E-state index contributed by atoms with van der Waals surface area (Å²) in [6.07, 6.45) is 9.00. The molecule has 0 amide bonds. The highest BCUT2D eigenvalue weighted by Gasteiger charge is 2.14. The summed E-state index contributed by atoms with van der Waals surface area (Å²) >= 11 is 0. The molecule has 0 bridgehead atoms. The van der Waals surface area contributed by atoms with E-state index >= 15 is 0 Å². The van der Waals surface area contributed by atoms with E-state index in [2.05, 4.69) is 91.0 Å². The van der Waals surface area contributed by atoms with Crippen LogP contribution in [0, 0.1) is 0 Å². The maximum Gasteiger partial charge on any atom is -0.0134 e. The van der Waals surface area contributed by atoms with Crippen LogP contribution in [0.15, 0.2) is 91.0 Å². The Kier molecular flexibility index (Phi) is 7.28. The topological polar surface area (TPSA) is 0 Å². The molecule has 0 unspecified atom stereocenters. The van der Waals surface area contributed by atoms with Gasteiger partial charge < -0.3 is 0 Å². The smallest absolute Gasteiger partial charge is 0.0134 e. The van der Waals surface area contributed by atoms with Gasteiger partial charge in [-0.25, -0.2) is 0 Å². The molecular weight excluding hydrogens is 319 g/mol. The van der Waals surface area contributed by atoms with Crippen LogP contribution >= 0.6 is 7.92 Å². The predicted octanol–water partition coefficient (Wildman–Crippen LogP) is 5.79. The molecule has 1 fully saturated rings. The van der Waals surface area contributed by atoms with Crippen LogP contribution in [0.3, 0.4) is 0 Å². The molecule has 0 nitrogen and oxygen atoms in total. The second kappa shape index (κ2) is 10.2. The van der Waals surface area contributed by atoms with E-state index < -0.39 is 7.92 Å². The molecule has 0 heterocycles. The molecule has 0 N–H and O–H groups in total. The quantitative estimate of drug-likeness (QED) is 0.527. The lowest BCUT2D eigenvalue weighted by molar-refractivity contribution is 0.504. The average molecular weight is 346 g/mol. The van der Waals surface area contributed by atoms with Gasteiger partial charge in [0.25, 0.3) is 0 Å². The van der Waals surface area contributed by atoms with Gasteiger partial charge in [0, 0.05) is 0 Å². The highest BCUT2D eigenvalue weighted by Crippen LogP contribution is 2.32. The van der Waals surface area contributed by atoms with Gasteiger partial charge in [0.1, 0.15) is 0 Å². The van der Waals surface area contributed by atoms with Crippen LogP contribution in [0.4, 0.5) is 0 Å². The number of rotatable bonds is 3. The van der Waals surface area contributed by atoms with Crippen LogP contribution in [0.25, 0.3) is 0 Å². The highest BCUT2D eigenvalue weighted by molar-refractivity contribution is 7.79. The summed E-state index contributed by atoms with van der Waals surface area (Å²) in [5, 5.41) is 4.19. The highest BCUT2D eigenvalue weighted by atomic mass is 31.1. The van der Waals surface area contributed by atoms with Crippen molar-refractivity contribution >= 4 is 23.8 Å². The molecule has 4 rings (SSSR count). The molecule has 0 atom stereocenters. The zero-order valence-corrected chi connectivity index (χ0v) is 15.7. The van der Waals surface area contributed by atoms with Crippen LogP contribution in [0.2, 0.25) is 0 Å². The summed E-state index contributed by atoms with van der Waals surface area (Å²) in [7, 11) is -0.446. The third-order valence-corrected chi connectivity index (χ3v) is 6.99. The minimum absolute atomic E-state index is 0.446. The van der Waals surface area contributed by atoms with E-state index in [1.54, 1.807) is 0 Å². The monoisotopic (exact) mass is 346 g/mol. The lowest BCUT2D eigenvalue weighted by Crippen LogP contribution is -2.20. The summed E-state index contributed by atoms with van der Waals surface area (Å²) < 4.78 is 0. The minimum Gasteiger partial charge on any atom is -0.0622 e. The van der Waals surface area contributed by atoms with Crippen LogP contribution in [0.5, 0.6) is 0 Å². The Hall–Kier alpha value is -1.91. The molecule has 1 aliphatic rings. The van der Waals surface area contributed by atoms with Gasteiger partial charge in [-0.1, -0.05) is 130 Å². The molecule has 128 valence electrons. The zero-order valence-electron chi connectivity index (χ0n) is 14.9. The predicted molar refractivity (Wildman–Crippen MR) is 113 cm³/mol. The third kappa shape index (κ3) is 5.55. The second-order valence-electron chi connectivity index (χ2n) is 6.46. The summed E-state index contributed by atoms with van der Waals surface area (Å²) in [6, 6.07) is 32.3. The molecule has 0 radical (unpaired) electrons. The van der Waals surface area contributed by atoms with Crippen molar-refractivity contribution in [3.05, 3.63) is 91.0 Å². The molecule has 1 saturated carbocycles. The van der Waals surface area contributed by atoms with E-state index in [0.717, 1.165) is 0 Å². The van der Waals surface area contributed by atoms with Gasteiger partial charge in [-0.05, 0) is 23.8 Å². The van der Waals surface area contributed by atoms with Gasteiger partial charge in [-0.15, -0.1) is 0 Å². The number of hydrogen-bond acceptors (Lipinski definition) is 0. The lowest BCUT2D eigenvalue weighted by atomic mass is 10.0. The van der Waals surface area contributed by atoms with E-state index in [1.165, 1.54) is 54.4 Å². The molecule has 1 heteroatoms. The Morgan fingerprint density at radius 3 is 0.840 bits per heavy atom. The Morgan fingerprint density at radius 2 is 0.600 bits per heavy atom. The van der Waals surface area contributed by atoms with Crippen molar-refractivity contribution in [1.29, 1.82) is 0 Å². The first kappa shape index (κ1) is 17.9. The standard InChI is InChI=1S/C18H15P.C6H12/c1-4-10-16(11-5-1)19(17-12-6-2-7-13-17)18-14-8-3-9-15-18;1-2-4-6-5-3-1/h1-15H;1-6H2. The third-order valence-electron chi connectivity index (χ3n) is 4.54. The van der Waals surface area contributed by atoms with E-state index in [1.807, 2.05) is 0 Å². The van der Waals surface area contributed by atoms with Crippen molar-refractivity contribution in [2.75, 3.05) is 0 Å². The lowest BCUT2D eigenvalue weighted by Gasteiger charge is -2.18. The first-order chi connectivity index (χ1) is 12.4. The molecule has 1 aliphatic carbocycles. The van der Waals surface area contributed by atoms with Gasteiger partial charge in [0.15, 0.2) is 0 Å². The Balaban J connectivity index is 0.000000258. The van der Waals surface area contributed by atoms with Crippen molar-refractivity contribution in [2.24, 2.45) is 0 Å². The van der Waals surface area contributed by atoms with Crippen molar-refractivity contribution in [3.63, 3.8) is 0 Å². The van der Waals surface area contributed by atoms with Crippen molar-refractivity contribution in [3.8, 4) is 0 Å². The maximum atomic E-state index is 2.23. The van der Waals surface area contributed by atoms with Gasteiger partial charge in [0.2, 0.25) is 0 Å². The molecule has 0 aliphatic heterocycles. The van der Waals surface area contributed by atoms with Gasteiger partial charge in [0.05, 0.1) is 0 Å². The first-order valence-electron chi connectivity index (χ1n) is 9.40. The molecular formula is C24H27P. The molecule has 3 aromatic rings. The Morgan fingerprint density at radius 1 is 0.360 bits per heavy atom. The summed E-state index contributed by atoms with van der Waals surface area (Å²) in [5.74, 6) is 0. The molecule has 0 saturated heterocycles. The normalized spacial score (nSPS) is 13.8. The van der Waals surface area contributed by atoms with Crippen LogP contribution in [0.1, 0.15) is 38.5 Å². The zero-order chi connectivity index (χ0) is 17.2. The second-order valence-corrected chi connectivity index (χ2v) is 8.68. The largest absolute Gasteiger partial charge is 0.0622 e. The molecule has 25 heavy (non-hydrogen) atoms. The minimum atomic E-state index is -0.446. The fourth-order valence-corrected chi connectivity index (χ4v) is 5.54. The number of hydrogen-bond donors (Lipinski definition) is 0. The average Bonchev–Trinajstić information content (AvgIpc) is 2.72. The fourth-order valence-electron chi connectivity index (χ4n) is 3.24. The van der Waals surface area contributed by atoms with Gasteiger partial charge in [-0.3, -0.25) is 0 Å². The molecule has 0 spiro atoms. The van der Waals surface area contributed by atoms with E-state index in [-0.39, 0.29) is 0 Å². The van der Waals surface area contributed by atoms with Crippen molar-refractivity contribution in [2.45, 2.75) is 38.5 Å². The van der Waals surface area contributed by atoms with Crippen molar-refractivity contribution in [1.82, 2.24) is 0 Å². The Bertz CT molecular complexity index is 597. The first-order valence-corrected chi connectivity index (χ1v) is 10.7. The summed E-state index contributed by atoms with van der Waals surface area (Å²) in [5.41, 5.74) is 0. The fraction of sp³-hybridized carbons (Fsp3) is 0.250. The van der Waals surface area contributed by atoms with Gasteiger partial charge >= 0.3 is 0 Å². The molecule has 0 aromatic heterocycles. The van der Waals surface area contributed by atoms with E-state index in [9.17, 15) is 0 Å². The van der Waals surface area contributed by atoms with Crippen LogP contribution in [-0.2, 0) is 0 Å². The van der Waals surface area contributed by atoms with Crippen LogP contribution in [-0.4, -0.2) is 0 Å². The SMILES string of the molecule is C1CCCCC1.c1ccc(P(c2ccccc2)c2ccccc2)cc1. The Labute approximate surface area is 153 Å². The number of benzene rings is 3. The summed E-state index contributed by atoms with van der Waals surface area (Å²) in [6.45, 7) is 0. The van der Waals surface area contributed by atoms with E-state index in [0.29, 0.717) is 0 Å². The van der Waals surface area contributed by atoms with Crippen LogP contribution < -0.4 is 15.9 Å².